The zero-order valence-electron chi connectivity index (χ0n) is 17.9. The summed E-state index contributed by atoms with van der Waals surface area (Å²) in [6.07, 6.45) is 0.530. The molecule has 1 aromatic rings. The van der Waals surface area contributed by atoms with E-state index >= 15 is 0 Å². The molecular formula is C22H34N2O3. The molecule has 2 rings (SSSR count). The number of ether oxygens (including phenoxy) is 1. The van der Waals surface area contributed by atoms with Gasteiger partial charge < -0.3 is 14.5 Å². The largest absolute Gasteiger partial charge is 0.496 e. The van der Waals surface area contributed by atoms with Crippen LogP contribution in [0.4, 0.5) is 0 Å². The van der Waals surface area contributed by atoms with Crippen molar-refractivity contribution < 1.29 is 14.3 Å². The highest BCUT2D eigenvalue weighted by Crippen LogP contribution is 2.29. The summed E-state index contributed by atoms with van der Waals surface area (Å²) in [5, 5.41) is 0. The fourth-order valence-electron chi connectivity index (χ4n) is 3.24. The van der Waals surface area contributed by atoms with Gasteiger partial charge in [0.15, 0.2) is 0 Å². The van der Waals surface area contributed by atoms with E-state index in [-0.39, 0.29) is 22.6 Å². The molecule has 0 unspecified atom stereocenters. The van der Waals surface area contributed by atoms with Crippen LogP contribution in [-0.2, 0) is 10.2 Å². The highest BCUT2D eigenvalue weighted by molar-refractivity contribution is 5.97. The van der Waals surface area contributed by atoms with Gasteiger partial charge in [-0.3, -0.25) is 9.59 Å². The number of carbonyl (C=O) groups excluding carboxylic acids is 2. The third kappa shape index (κ3) is 5.47. The molecule has 0 atom stereocenters. The summed E-state index contributed by atoms with van der Waals surface area (Å²) in [4.78, 5) is 29.2. The first-order valence-corrected chi connectivity index (χ1v) is 9.68. The van der Waals surface area contributed by atoms with E-state index < -0.39 is 0 Å². The van der Waals surface area contributed by atoms with Crippen LogP contribution in [0.5, 0.6) is 5.75 Å². The lowest BCUT2D eigenvalue weighted by molar-refractivity contribution is -0.134. The third-order valence-electron chi connectivity index (χ3n) is 4.90. The van der Waals surface area contributed by atoms with Crippen molar-refractivity contribution in [3.8, 4) is 5.75 Å². The van der Waals surface area contributed by atoms with Crippen molar-refractivity contribution in [3.63, 3.8) is 0 Å². The standard InChI is InChI=1S/C22H34N2O3/c1-21(2,3)15-19(25)23-10-12-24(13-11-23)20(26)17-14-16(22(4,5)6)8-9-18(17)27-7/h8-9,14H,10-13,15H2,1-7H3. The molecule has 0 aromatic heterocycles. The molecule has 1 aromatic carbocycles. The van der Waals surface area contributed by atoms with Gasteiger partial charge >= 0.3 is 0 Å². The normalized spacial score (nSPS) is 15.7. The zero-order valence-corrected chi connectivity index (χ0v) is 17.9. The number of amides is 2. The molecule has 0 aliphatic carbocycles. The minimum atomic E-state index is -0.0423. The first-order chi connectivity index (χ1) is 12.4. The summed E-state index contributed by atoms with van der Waals surface area (Å²) in [6.45, 7) is 14.9. The SMILES string of the molecule is COc1ccc(C(C)(C)C)cc1C(=O)N1CCN(C(=O)CC(C)(C)C)CC1. The predicted octanol–water partition coefficient (Wildman–Crippen LogP) is 3.71. The van der Waals surface area contributed by atoms with Crippen LogP contribution in [0.25, 0.3) is 0 Å². The Hall–Kier alpha value is -2.04. The van der Waals surface area contributed by atoms with Crippen molar-refractivity contribution in [3.05, 3.63) is 29.3 Å². The third-order valence-corrected chi connectivity index (χ3v) is 4.90. The Labute approximate surface area is 163 Å². The van der Waals surface area contributed by atoms with E-state index in [0.717, 1.165) is 5.56 Å². The number of benzene rings is 1. The quantitative estimate of drug-likeness (QED) is 0.810. The van der Waals surface area contributed by atoms with E-state index in [9.17, 15) is 9.59 Å². The molecule has 150 valence electrons. The van der Waals surface area contributed by atoms with Crippen LogP contribution in [0.2, 0.25) is 0 Å². The Morgan fingerprint density at radius 3 is 2.00 bits per heavy atom. The molecule has 1 fully saturated rings. The molecular weight excluding hydrogens is 340 g/mol. The van der Waals surface area contributed by atoms with Gasteiger partial charge in [0, 0.05) is 32.6 Å². The van der Waals surface area contributed by atoms with Crippen LogP contribution < -0.4 is 4.74 Å². The topological polar surface area (TPSA) is 49.9 Å². The van der Waals surface area contributed by atoms with E-state index in [0.29, 0.717) is 43.9 Å². The average Bonchev–Trinajstić information content (AvgIpc) is 2.58. The summed E-state index contributed by atoms with van der Waals surface area (Å²) in [7, 11) is 1.59. The second-order valence-electron chi connectivity index (χ2n) is 9.58. The summed E-state index contributed by atoms with van der Waals surface area (Å²) in [5.41, 5.74) is 1.63. The Balaban J connectivity index is 2.11. The molecule has 27 heavy (non-hydrogen) atoms. The molecule has 1 aliphatic heterocycles. The lowest BCUT2D eigenvalue weighted by atomic mass is 9.86. The fourth-order valence-corrected chi connectivity index (χ4v) is 3.24. The van der Waals surface area contributed by atoms with Gasteiger partial charge in [0.25, 0.3) is 5.91 Å². The van der Waals surface area contributed by atoms with Crippen molar-refractivity contribution >= 4 is 11.8 Å². The Bertz CT molecular complexity index is 690. The molecule has 0 radical (unpaired) electrons. The predicted molar refractivity (Wildman–Crippen MR) is 108 cm³/mol. The summed E-state index contributed by atoms with van der Waals surface area (Å²) < 4.78 is 5.43. The van der Waals surface area contributed by atoms with Gasteiger partial charge in [-0.05, 0) is 28.5 Å². The summed E-state index contributed by atoms with van der Waals surface area (Å²) in [6, 6.07) is 5.83. The van der Waals surface area contributed by atoms with Gasteiger partial charge in [0.05, 0.1) is 12.7 Å². The first kappa shape index (κ1) is 21.3. The highest BCUT2D eigenvalue weighted by atomic mass is 16.5. The molecule has 0 saturated carbocycles. The van der Waals surface area contributed by atoms with E-state index in [2.05, 4.69) is 41.5 Å². The van der Waals surface area contributed by atoms with Crippen LogP contribution in [0.3, 0.4) is 0 Å². The highest BCUT2D eigenvalue weighted by Gasteiger charge is 2.29. The van der Waals surface area contributed by atoms with Gasteiger partial charge in [-0.15, -0.1) is 0 Å². The van der Waals surface area contributed by atoms with E-state index in [1.54, 1.807) is 7.11 Å². The van der Waals surface area contributed by atoms with E-state index in [1.807, 2.05) is 28.0 Å². The van der Waals surface area contributed by atoms with Crippen LogP contribution in [0, 0.1) is 5.41 Å². The molecule has 0 bridgehead atoms. The van der Waals surface area contributed by atoms with Crippen molar-refractivity contribution in [2.45, 2.75) is 53.4 Å². The van der Waals surface area contributed by atoms with Crippen molar-refractivity contribution in [1.82, 2.24) is 9.80 Å². The van der Waals surface area contributed by atoms with E-state index in [1.165, 1.54) is 0 Å². The Morgan fingerprint density at radius 1 is 0.963 bits per heavy atom. The van der Waals surface area contributed by atoms with Crippen LogP contribution in [-0.4, -0.2) is 54.9 Å². The zero-order chi connectivity index (χ0) is 20.4. The molecule has 2 amide bonds. The van der Waals surface area contributed by atoms with Gasteiger partial charge in [-0.1, -0.05) is 47.6 Å². The maximum absolute atomic E-state index is 13.1. The number of rotatable bonds is 3. The number of carbonyl (C=O) groups is 2. The maximum Gasteiger partial charge on any atom is 0.257 e. The molecule has 1 saturated heterocycles. The molecule has 1 aliphatic rings. The summed E-state index contributed by atoms with van der Waals surface area (Å²) >= 11 is 0. The molecule has 0 spiro atoms. The molecule has 5 heteroatoms. The molecule has 1 heterocycles. The van der Waals surface area contributed by atoms with Crippen LogP contribution in [0.1, 0.15) is 63.9 Å². The Kier molecular flexibility index (Phi) is 6.23. The van der Waals surface area contributed by atoms with Crippen molar-refractivity contribution in [1.29, 1.82) is 0 Å². The molecule has 0 N–H and O–H groups in total. The minimum Gasteiger partial charge on any atom is -0.496 e. The van der Waals surface area contributed by atoms with Crippen LogP contribution in [0.15, 0.2) is 18.2 Å². The second-order valence-corrected chi connectivity index (χ2v) is 9.58. The lowest BCUT2D eigenvalue weighted by Crippen LogP contribution is -2.51. The monoisotopic (exact) mass is 374 g/mol. The second kappa shape index (κ2) is 7.91. The average molecular weight is 375 g/mol. The first-order valence-electron chi connectivity index (χ1n) is 9.68. The number of piperazine rings is 1. The van der Waals surface area contributed by atoms with Gasteiger partial charge in [-0.25, -0.2) is 0 Å². The smallest absolute Gasteiger partial charge is 0.257 e. The minimum absolute atomic E-state index is 0.0230. The van der Waals surface area contributed by atoms with Gasteiger partial charge in [0.1, 0.15) is 5.75 Å². The lowest BCUT2D eigenvalue weighted by Gasteiger charge is -2.36. The Morgan fingerprint density at radius 2 is 1.52 bits per heavy atom. The van der Waals surface area contributed by atoms with E-state index in [4.69, 9.17) is 4.74 Å². The number of methoxy groups -OCH3 is 1. The number of nitrogens with zero attached hydrogens (tertiary/aromatic N) is 2. The summed E-state index contributed by atoms with van der Waals surface area (Å²) in [5.74, 6) is 0.738. The van der Waals surface area contributed by atoms with Crippen molar-refractivity contribution in [2.24, 2.45) is 5.41 Å². The van der Waals surface area contributed by atoms with Crippen molar-refractivity contribution in [2.75, 3.05) is 33.3 Å². The fraction of sp³-hybridized carbons (Fsp3) is 0.636. The van der Waals surface area contributed by atoms with Gasteiger partial charge in [-0.2, -0.15) is 0 Å². The number of hydrogen-bond acceptors (Lipinski definition) is 3. The number of hydrogen-bond donors (Lipinski definition) is 0. The maximum atomic E-state index is 13.1. The van der Waals surface area contributed by atoms with Gasteiger partial charge in [0.2, 0.25) is 5.91 Å². The molecule has 5 nitrogen and oxygen atoms in total. The van der Waals surface area contributed by atoms with Crippen LogP contribution >= 0.6 is 0 Å².